The van der Waals surface area contributed by atoms with Crippen molar-refractivity contribution < 1.29 is 4.39 Å². The van der Waals surface area contributed by atoms with Crippen LogP contribution in [0.15, 0.2) is 46.9 Å². The van der Waals surface area contributed by atoms with E-state index in [0.29, 0.717) is 5.92 Å². The minimum absolute atomic E-state index is 0.174. The highest BCUT2D eigenvalue weighted by molar-refractivity contribution is 9.10. The van der Waals surface area contributed by atoms with Crippen molar-refractivity contribution >= 4 is 15.9 Å². The molecule has 0 radical (unpaired) electrons. The fourth-order valence-electron chi connectivity index (χ4n) is 2.69. The molecule has 1 N–H and O–H groups in total. The lowest BCUT2D eigenvalue weighted by atomic mass is 9.92. The lowest BCUT2D eigenvalue weighted by Crippen LogP contribution is -2.23. The molecule has 112 valence electrons. The van der Waals surface area contributed by atoms with E-state index >= 15 is 0 Å². The van der Waals surface area contributed by atoms with Crippen LogP contribution in [0.25, 0.3) is 0 Å². The molecular formula is C18H21BrFN. The molecule has 0 saturated heterocycles. The smallest absolute Gasteiger partial charge is 0.123 e. The van der Waals surface area contributed by atoms with Crippen LogP contribution in [0.3, 0.4) is 0 Å². The van der Waals surface area contributed by atoms with Crippen molar-refractivity contribution in [3.63, 3.8) is 0 Å². The fourth-order valence-corrected chi connectivity index (χ4v) is 3.10. The predicted octanol–water partition coefficient (Wildman–Crippen LogP) is 4.52. The van der Waals surface area contributed by atoms with Crippen molar-refractivity contribution in [2.75, 3.05) is 13.6 Å². The third-order valence-corrected chi connectivity index (χ3v) is 4.39. The molecule has 2 aromatic rings. The van der Waals surface area contributed by atoms with Crippen molar-refractivity contribution in [3.8, 4) is 0 Å². The number of nitrogens with one attached hydrogen (secondary N) is 1. The third kappa shape index (κ3) is 4.94. The standard InChI is InChI=1S/C18H21BrFN/c1-13-4-3-5-14(8-13)9-15(12-21-2)10-16-11-17(20)6-7-18(16)19/h3-8,11,15,21H,9-10,12H2,1-2H3. The first kappa shape index (κ1) is 16.2. The number of rotatable bonds is 6. The molecule has 1 atom stereocenters. The van der Waals surface area contributed by atoms with Crippen LogP contribution in [-0.2, 0) is 12.8 Å². The molecule has 0 spiro atoms. The number of hydrogen-bond donors (Lipinski definition) is 1. The molecule has 2 aromatic carbocycles. The monoisotopic (exact) mass is 349 g/mol. The molecule has 1 unspecified atom stereocenters. The van der Waals surface area contributed by atoms with Gasteiger partial charge in [0.1, 0.15) is 5.82 Å². The van der Waals surface area contributed by atoms with E-state index in [1.807, 2.05) is 7.05 Å². The van der Waals surface area contributed by atoms with Gasteiger partial charge >= 0.3 is 0 Å². The average molecular weight is 350 g/mol. The van der Waals surface area contributed by atoms with Gasteiger partial charge in [0.15, 0.2) is 0 Å². The Morgan fingerprint density at radius 2 is 1.95 bits per heavy atom. The lowest BCUT2D eigenvalue weighted by Gasteiger charge is -2.18. The lowest BCUT2D eigenvalue weighted by molar-refractivity contribution is 0.491. The van der Waals surface area contributed by atoms with Gasteiger partial charge in [0, 0.05) is 4.47 Å². The van der Waals surface area contributed by atoms with Crippen LogP contribution >= 0.6 is 15.9 Å². The van der Waals surface area contributed by atoms with Crippen LogP contribution in [0.5, 0.6) is 0 Å². The van der Waals surface area contributed by atoms with Gasteiger partial charge in [0.25, 0.3) is 0 Å². The summed E-state index contributed by atoms with van der Waals surface area (Å²) in [5.74, 6) is 0.266. The van der Waals surface area contributed by atoms with Crippen LogP contribution in [0.2, 0.25) is 0 Å². The van der Waals surface area contributed by atoms with Gasteiger partial charge in [-0.15, -0.1) is 0 Å². The Morgan fingerprint density at radius 3 is 2.67 bits per heavy atom. The summed E-state index contributed by atoms with van der Waals surface area (Å²) >= 11 is 3.52. The van der Waals surface area contributed by atoms with Gasteiger partial charge in [-0.1, -0.05) is 45.8 Å². The third-order valence-electron chi connectivity index (χ3n) is 3.62. The van der Waals surface area contributed by atoms with Crippen LogP contribution < -0.4 is 5.32 Å². The van der Waals surface area contributed by atoms with E-state index in [-0.39, 0.29) is 5.82 Å². The number of hydrogen-bond acceptors (Lipinski definition) is 1. The summed E-state index contributed by atoms with van der Waals surface area (Å²) in [5, 5.41) is 3.25. The molecule has 3 heteroatoms. The Hall–Kier alpha value is -1.19. The molecule has 0 aromatic heterocycles. The molecule has 2 rings (SSSR count). The average Bonchev–Trinajstić information content (AvgIpc) is 2.43. The molecule has 0 bridgehead atoms. The molecule has 0 saturated carbocycles. The predicted molar refractivity (Wildman–Crippen MR) is 90.1 cm³/mol. The zero-order valence-corrected chi connectivity index (χ0v) is 14.1. The van der Waals surface area contributed by atoms with E-state index in [4.69, 9.17) is 0 Å². The molecule has 0 fully saturated rings. The second-order valence-electron chi connectivity index (χ2n) is 5.56. The highest BCUT2D eigenvalue weighted by Crippen LogP contribution is 2.23. The largest absolute Gasteiger partial charge is 0.319 e. The maximum atomic E-state index is 13.4. The van der Waals surface area contributed by atoms with Gasteiger partial charge in [-0.2, -0.15) is 0 Å². The zero-order chi connectivity index (χ0) is 15.2. The first-order chi connectivity index (χ1) is 10.1. The molecule has 0 aliphatic rings. The van der Waals surface area contributed by atoms with Crippen LogP contribution in [-0.4, -0.2) is 13.6 Å². The Morgan fingerprint density at radius 1 is 1.14 bits per heavy atom. The normalized spacial score (nSPS) is 12.4. The molecule has 0 amide bonds. The van der Waals surface area contributed by atoms with E-state index < -0.39 is 0 Å². The summed E-state index contributed by atoms with van der Waals surface area (Å²) < 4.78 is 14.4. The number of aryl methyl sites for hydroxylation is 1. The molecule has 1 nitrogen and oxygen atoms in total. The number of halogens is 2. The van der Waals surface area contributed by atoms with Crippen molar-refractivity contribution in [2.45, 2.75) is 19.8 Å². The maximum absolute atomic E-state index is 13.4. The van der Waals surface area contributed by atoms with Gasteiger partial charge in [-0.25, -0.2) is 4.39 Å². The van der Waals surface area contributed by atoms with Crippen LogP contribution in [0.4, 0.5) is 4.39 Å². The van der Waals surface area contributed by atoms with Gasteiger partial charge in [-0.05, 0) is 68.6 Å². The van der Waals surface area contributed by atoms with E-state index in [1.54, 1.807) is 12.1 Å². The van der Waals surface area contributed by atoms with Gasteiger partial charge in [-0.3, -0.25) is 0 Å². The number of benzene rings is 2. The maximum Gasteiger partial charge on any atom is 0.123 e. The first-order valence-electron chi connectivity index (χ1n) is 7.22. The van der Waals surface area contributed by atoms with E-state index in [9.17, 15) is 4.39 Å². The SMILES string of the molecule is CNCC(Cc1cccc(C)c1)Cc1cc(F)ccc1Br. The van der Waals surface area contributed by atoms with E-state index in [2.05, 4.69) is 52.4 Å². The molecular weight excluding hydrogens is 329 g/mol. The quantitative estimate of drug-likeness (QED) is 0.808. The Labute approximate surface area is 134 Å². The summed E-state index contributed by atoms with van der Waals surface area (Å²) in [4.78, 5) is 0. The highest BCUT2D eigenvalue weighted by atomic mass is 79.9. The summed E-state index contributed by atoms with van der Waals surface area (Å²) in [5.41, 5.74) is 3.65. The topological polar surface area (TPSA) is 12.0 Å². The van der Waals surface area contributed by atoms with E-state index in [1.165, 1.54) is 17.2 Å². The molecule has 0 aliphatic carbocycles. The molecule has 0 aliphatic heterocycles. The van der Waals surface area contributed by atoms with Crippen LogP contribution in [0.1, 0.15) is 16.7 Å². The summed E-state index contributed by atoms with van der Waals surface area (Å²) in [7, 11) is 1.96. The Bertz CT molecular complexity index is 598. The summed E-state index contributed by atoms with van der Waals surface area (Å²) in [6.07, 6.45) is 1.85. The second-order valence-corrected chi connectivity index (χ2v) is 6.41. The van der Waals surface area contributed by atoms with Crippen LogP contribution in [0, 0.1) is 18.7 Å². The minimum atomic E-state index is -0.174. The minimum Gasteiger partial charge on any atom is -0.319 e. The fraction of sp³-hybridized carbons (Fsp3) is 0.333. The first-order valence-corrected chi connectivity index (χ1v) is 8.02. The van der Waals surface area contributed by atoms with Crippen molar-refractivity contribution in [2.24, 2.45) is 5.92 Å². The van der Waals surface area contributed by atoms with E-state index in [0.717, 1.165) is 29.4 Å². The zero-order valence-electron chi connectivity index (χ0n) is 12.5. The summed E-state index contributed by atoms with van der Waals surface area (Å²) in [6, 6.07) is 13.5. The van der Waals surface area contributed by atoms with Gasteiger partial charge < -0.3 is 5.32 Å². The second kappa shape index (κ2) is 7.71. The van der Waals surface area contributed by atoms with Crippen molar-refractivity contribution in [1.29, 1.82) is 0 Å². The van der Waals surface area contributed by atoms with Gasteiger partial charge in [0.05, 0.1) is 0 Å². The summed E-state index contributed by atoms with van der Waals surface area (Å²) in [6.45, 7) is 3.02. The highest BCUT2D eigenvalue weighted by Gasteiger charge is 2.13. The van der Waals surface area contributed by atoms with Gasteiger partial charge in [0.2, 0.25) is 0 Å². The molecule has 0 heterocycles. The Balaban J connectivity index is 2.13. The van der Waals surface area contributed by atoms with Crippen molar-refractivity contribution in [1.82, 2.24) is 5.32 Å². The molecule has 21 heavy (non-hydrogen) atoms. The van der Waals surface area contributed by atoms with Crippen molar-refractivity contribution in [3.05, 3.63) is 69.4 Å². The Kier molecular flexibility index (Phi) is 5.95.